The van der Waals surface area contributed by atoms with Crippen LogP contribution in [-0.4, -0.2) is 35.5 Å². The summed E-state index contributed by atoms with van der Waals surface area (Å²) in [5, 5.41) is 7.06. The highest BCUT2D eigenvalue weighted by molar-refractivity contribution is 5.86. The van der Waals surface area contributed by atoms with E-state index in [4.69, 9.17) is 0 Å². The average Bonchev–Trinajstić information content (AvgIpc) is 2.78. The van der Waals surface area contributed by atoms with Gasteiger partial charge in [-0.1, -0.05) is 6.92 Å². The van der Waals surface area contributed by atoms with Crippen molar-refractivity contribution in [2.75, 3.05) is 19.6 Å². The van der Waals surface area contributed by atoms with Crippen LogP contribution in [0.4, 0.5) is 0 Å². The minimum absolute atomic E-state index is 0.0395. The van der Waals surface area contributed by atoms with E-state index in [9.17, 15) is 4.79 Å². The Hall–Kier alpha value is -1.88. The van der Waals surface area contributed by atoms with E-state index in [0.717, 1.165) is 29.7 Å². The molecule has 18 heavy (non-hydrogen) atoms. The Labute approximate surface area is 106 Å². The fourth-order valence-corrected chi connectivity index (χ4v) is 1.86. The second-order valence-corrected chi connectivity index (χ2v) is 4.09. The molecule has 5 nitrogen and oxygen atoms in total. The zero-order valence-corrected chi connectivity index (χ0v) is 10.5. The standard InChI is InChI=1S/C13H18N4O/c1-2-14-6-7-15-12(18)8-10-9-17-13-11(10)4-3-5-16-13/h3-5,9,14H,2,6-8H2,1H3,(H,15,18)(H,16,17). The van der Waals surface area contributed by atoms with E-state index in [1.807, 2.05) is 25.3 Å². The van der Waals surface area contributed by atoms with E-state index < -0.39 is 0 Å². The molecule has 0 saturated heterocycles. The molecular formula is C13H18N4O. The first kappa shape index (κ1) is 12.6. The molecule has 0 radical (unpaired) electrons. The van der Waals surface area contributed by atoms with E-state index in [1.165, 1.54) is 0 Å². The molecule has 0 bridgehead atoms. The molecule has 2 aromatic heterocycles. The number of carbonyl (C=O) groups is 1. The van der Waals surface area contributed by atoms with Gasteiger partial charge in [0.2, 0.25) is 5.91 Å². The number of nitrogens with zero attached hydrogens (tertiary/aromatic N) is 1. The van der Waals surface area contributed by atoms with Crippen LogP contribution in [0.2, 0.25) is 0 Å². The number of fused-ring (bicyclic) bond motifs is 1. The molecule has 2 heterocycles. The first-order valence-electron chi connectivity index (χ1n) is 6.19. The van der Waals surface area contributed by atoms with Gasteiger partial charge in [0, 0.05) is 30.9 Å². The fourth-order valence-electron chi connectivity index (χ4n) is 1.86. The summed E-state index contributed by atoms with van der Waals surface area (Å²) < 4.78 is 0. The Morgan fingerprint density at radius 1 is 1.44 bits per heavy atom. The maximum Gasteiger partial charge on any atom is 0.224 e. The van der Waals surface area contributed by atoms with Crippen molar-refractivity contribution in [2.45, 2.75) is 13.3 Å². The summed E-state index contributed by atoms with van der Waals surface area (Å²) in [5.74, 6) is 0.0395. The largest absolute Gasteiger partial charge is 0.355 e. The number of hydrogen-bond acceptors (Lipinski definition) is 3. The van der Waals surface area contributed by atoms with Crippen LogP contribution in [0, 0.1) is 0 Å². The monoisotopic (exact) mass is 246 g/mol. The number of aromatic amines is 1. The van der Waals surface area contributed by atoms with Gasteiger partial charge in [0.15, 0.2) is 0 Å². The first-order valence-corrected chi connectivity index (χ1v) is 6.19. The molecule has 1 amide bonds. The van der Waals surface area contributed by atoms with Gasteiger partial charge in [-0.15, -0.1) is 0 Å². The van der Waals surface area contributed by atoms with Gasteiger partial charge in [0.25, 0.3) is 0 Å². The minimum atomic E-state index is 0.0395. The molecule has 0 aliphatic carbocycles. The summed E-state index contributed by atoms with van der Waals surface area (Å²) in [6.45, 7) is 4.43. The van der Waals surface area contributed by atoms with Crippen LogP contribution in [-0.2, 0) is 11.2 Å². The normalized spacial score (nSPS) is 10.7. The second kappa shape index (κ2) is 6.16. The van der Waals surface area contributed by atoms with Crippen molar-refractivity contribution < 1.29 is 4.79 Å². The molecule has 0 fully saturated rings. The molecule has 0 spiro atoms. The topological polar surface area (TPSA) is 69.8 Å². The summed E-state index contributed by atoms with van der Waals surface area (Å²) in [5.41, 5.74) is 1.81. The fraction of sp³-hybridized carbons (Fsp3) is 0.385. The van der Waals surface area contributed by atoms with Crippen molar-refractivity contribution >= 4 is 16.9 Å². The van der Waals surface area contributed by atoms with Crippen molar-refractivity contribution in [3.63, 3.8) is 0 Å². The van der Waals surface area contributed by atoms with Gasteiger partial charge in [-0.05, 0) is 24.2 Å². The third kappa shape index (κ3) is 3.07. The lowest BCUT2D eigenvalue weighted by Crippen LogP contribution is -2.32. The molecule has 96 valence electrons. The van der Waals surface area contributed by atoms with Gasteiger partial charge >= 0.3 is 0 Å². The molecule has 0 atom stereocenters. The molecule has 5 heteroatoms. The van der Waals surface area contributed by atoms with E-state index in [2.05, 4.69) is 20.6 Å². The van der Waals surface area contributed by atoms with E-state index in [0.29, 0.717) is 13.0 Å². The zero-order valence-electron chi connectivity index (χ0n) is 10.5. The van der Waals surface area contributed by atoms with E-state index in [-0.39, 0.29) is 5.91 Å². The summed E-state index contributed by atoms with van der Waals surface area (Å²) in [6.07, 6.45) is 3.97. The second-order valence-electron chi connectivity index (χ2n) is 4.09. The van der Waals surface area contributed by atoms with Gasteiger partial charge < -0.3 is 15.6 Å². The third-order valence-electron chi connectivity index (χ3n) is 2.76. The Bertz CT molecular complexity index is 520. The van der Waals surface area contributed by atoms with Gasteiger partial charge in [-0.25, -0.2) is 4.98 Å². The quantitative estimate of drug-likeness (QED) is 0.661. The number of aromatic nitrogens is 2. The predicted molar refractivity (Wildman–Crippen MR) is 71.4 cm³/mol. The highest BCUT2D eigenvalue weighted by Crippen LogP contribution is 2.15. The highest BCUT2D eigenvalue weighted by Gasteiger charge is 2.08. The molecule has 0 unspecified atom stereocenters. The van der Waals surface area contributed by atoms with Crippen LogP contribution in [0.3, 0.4) is 0 Å². The van der Waals surface area contributed by atoms with Crippen molar-refractivity contribution in [3.05, 3.63) is 30.1 Å². The molecule has 0 aliphatic rings. The molecule has 0 aromatic carbocycles. The molecule has 3 N–H and O–H groups in total. The number of nitrogens with one attached hydrogen (secondary N) is 3. The number of amides is 1. The SMILES string of the molecule is CCNCCNC(=O)Cc1c[nH]c2ncccc12. The van der Waals surface area contributed by atoms with Gasteiger partial charge in [0.05, 0.1) is 6.42 Å². The van der Waals surface area contributed by atoms with Crippen molar-refractivity contribution in [2.24, 2.45) is 0 Å². The highest BCUT2D eigenvalue weighted by atomic mass is 16.1. The smallest absolute Gasteiger partial charge is 0.224 e. The third-order valence-corrected chi connectivity index (χ3v) is 2.76. The first-order chi connectivity index (χ1) is 8.81. The molecule has 0 aliphatic heterocycles. The summed E-state index contributed by atoms with van der Waals surface area (Å²) in [4.78, 5) is 19.0. The maximum atomic E-state index is 11.7. The number of rotatable bonds is 6. The van der Waals surface area contributed by atoms with Crippen LogP contribution >= 0.6 is 0 Å². The van der Waals surface area contributed by atoms with Gasteiger partial charge in [-0.2, -0.15) is 0 Å². The number of likely N-dealkylation sites (N-methyl/N-ethyl adjacent to an activating group) is 1. The number of carbonyl (C=O) groups excluding carboxylic acids is 1. The summed E-state index contributed by atoms with van der Waals surface area (Å²) in [7, 11) is 0. The average molecular weight is 246 g/mol. The number of hydrogen-bond donors (Lipinski definition) is 3. The Morgan fingerprint density at radius 3 is 3.17 bits per heavy atom. The lowest BCUT2D eigenvalue weighted by Gasteiger charge is -2.04. The summed E-state index contributed by atoms with van der Waals surface area (Å²) >= 11 is 0. The Kier molecular flexibility index (Phi) is 4.30. The van der Waals surface area contributed by atoms with Crippen molar-refractivity contribution in [1.82, 2.24) is 20.6 Å². The van der Waals surface area contributed by atoms with Gasteiger partial charge in [-0.3, -0.25) is 4.79 Å². The number of H-pyrrole nitrogens is 1. The van der Waals surface area contributed by atoms with E-state index >= 15 is 0 Å². The Morgan fingerprint density at radius 2 is 2.33 bits per heavy atom. The maximum absolute atomic E-state index is 11.7. The molecule has 0 saturated carbocycles. The van der Waals surface area contributed by atoms with Crippen LogP contribution in [0.25, 0.3) is 11.0 Å². The van der Waals surface area contributed by atoms with Crippen LogP contribution in [0.5, 0.6) is 0 Å². The molecule has 2 aromatic rings. The zero-order chi connectivity index (χ0) is 12.8. The van der Waals surface area contributed by atoms with Crippen molar-refractivity contribution in [3.8, 4) is 0 Å². The molecular weight excluding hydrogens is 228 g/mol. The minimum Gasteiger partial charge on any atom is -0.355 e. The number of pyridine rings is 1. The van der Waals surface area contributed by atoms with Crippen LogP contribution in [0.15, 0.2) is 24.5 Å². The summed E-state index contributed by atoms with van der Waals surface area (Å²) in [6, 6.07) is 3.85. The lowest BCUT2D eigenvalue weighted by molar-refractivity contribution is -0.120. The van der Waals surface area contributed by atoms with Gasteiger partial charge in [0.1, 0.15) is 5.65 Å². The van der Waals surface area contributed by atoms with Crippen LogP contribution in [0.1, 0.15) is 12.5 Å². The van der Waals surface area contributed by atoms with Crippen molar-refractivity contribution in [1.29, 1.82) is 0 Å². The van der Waals surface area contributed by atoms with Crippen LogP contribution < -0.4 is 10.6 Å². The lowest BCUT2D eigenvalue weighted by atomic mass is 10.1. The predicted octanol–water partition coefficient (Wildman–Crippen LogP) is 0.831. The molecule has 2 rings (SSSR count). The Balaban J connectivity index is 1.91. The van der Waals surface area contributed by atoms with E-state index in [1.54, 1.807) is 6.20 Å².